The van der Waals surface area contributed by atoms with Crippen molar-refractivity contribution in [2.24, 2.45) is 5.92 Å². The molecule has 0 radical (unpaired) electrons. The van der Waals surface area contributed by atoms with Crippen LogP contribution < -0.4 is 0 Å². The molecule has 0 rings (SSSR count). The summed E-state index contributed by atoms with van der Waals surface area (Å²) in [6.45, 7) is 37.7. The Bertz CT molecular complexity index is 1140. The van der Waals surface area contributed by atoms with E-state index >= 15 is 0 Å². The van der Waals surface area contributed by atoms with Crippen LogP contribution in [0.5, 0.6) is 0 Å². The summed E-state index contributed by atoms with van der Waals surface area (Å²) in [6, 6.07) is 0. The lowest BCUT2D eigenvalue weighted by Gasteiger charge is -2.35. The predicted molar refractivity (Wildman–Crippen MR) is 348 cm³/mol. The Balaban J connectivity index is 7.24. The Morgan fingerprint density at radius 2 is 0.600 bits per heavy atom. The molecule has 420 valence electrons. The molecule has 0 atom stereocenters. The topological polar surface area (TPSA) is 111 Å². The molecule has 0 bridgehead atoms. The first-order valence-electron chi connectivity index (χ1n) is 23.8. The molecule has 0 amide bonds. The van der Waals surface area contributed by atoms with Crippen LogP contribution in [0.2, 0.25) is 0 Å². The van der Waals surface area contributed by atoms with E-state index < -0.39 is 35.2 Å². The third-order valence-electron chi connectivity index (χ3n) is 8.28. The number of hydrogen-bond acceptors (Lipinski definition) is 28. The second kappa shape index (κ2) is 48.3. The molecule has 0 spiro atoms. The van der Waals surface area contributed by atoms with Gasteiger partial charge in [0.25, 0.3) is 0 Å². The maximum Gasteiger partial charge on any atom is 0.512 e. The Morgan fingerprint density at radius 3 is 0.814 bits per heavy atom. The van der Waals surface area contributed by atoms with Gasteiger partial charge in [-0.15, -0.1) is 0 Å². The van der Waals surface area contributed by atoms with E-state index in [1.54, 1.807) is 102 Å². The molecule has 0 saturated carbocycles. The number of hydrogen-bond donors (Lipinski definition) is 0. The fourth-order valence-electron chi connectivity index (χ4n) is 5.84. The van der Waals surface area contributed by atoms with Gasteiger partial charge in [0.15, 0.2) is 0 Å². The lowest BCUT2D eigenvalue weighted by Crippen LogP contribution is -2.49. The van der Waals surface area contributed by atoms with Crippen molar-refractivity contribution in [3.05, 3.63) is 9.81 Å². The Morgan fingerprint density at radius 1 is 0.357 bits per heavy atom. The monoisotopic (exact) mass is 1360 g/mol. The molecule has 0 aromatic carbocycles. The molecule has 0 N–H and O–H groups in total. The molecule has 0 fully saturated rings. The average Bonchev–Trinajstić information content (AvgIpc) is 3.31. The van der Waals surface area contributed by atoms with E-state index in [2.05, 4.69) is 20.8 Å². The molecule has 0 unspecified atom stereocenters. The van der Waals surface area contributed by atoms with Crippen molar-refractivity contribution in [3.63, 3.8) is 0 Å². The molecule has 70 heavy (non-hydrogen) atoms. The molecular formula is C38H84O12S16Si4. The number of rotatable bonds is 53. The second-order valence-corrected chi connectivity index (χ2v) is 50.5. The first kappa shape index (κ1) is 75.7. The summed E-state index contributed by atoms with van der Waals surface area (Å²) in [6.07, 6.45) is 2.94. The van der Waals surface area contributed by atoms with Crippen molar-refractivity contribution in [3.8, 4) is 0 Å². The van der Waals surface area contributed by atoms with Gasteiger partial charge in [0.2, 0.25) is 0 Å². The second-order valence-electron chi connectivity index (χ2n) is 13.7. The SMILES string of the molecule is CCO[Si](CSSSSC(SSSSC[Si](OCC)(OCC)OCC)=C(CC)C(CCC(C)C)(SSSSC[Si](OCC)(OCC)OCC)SSSSC[Si](OCC)(OCC)OCC)(OCC)OCC. The molecule has 0 aliphatic rings. The van der Waals surface area contributed by atoms with Gasteiger partial charge in [-0.1, -0.05) is 85.5 Å². The van der Waals surface area contributed by atoms with E-state index in [0.29, 0.717) is 107 Å². The van der Waals surface area contributed by atoms with E-state index in [0.717, 1.165) is 19.3 Å². The van der Waals surface area contributed by atoms with Gasteiger partial charge < -0.3 is 53.1 Å². The van der Waals surface area contributed by atoms with Crippen molar-refractivity contribution >= 4 is 200 Å². The minimum Gasteiger partial charge on any atom is -0.373 e. The van der Waals surface area contributed by atoms with Gasteiger partial charge >= 0.3 is 35.2 Å². The lowest BCUT2D eigenvalue weighted by atomic mass is 10.0. The lowest BCUT2D eigenvalue weighted by molar-refractivity contribution is 0.0765. The van der Waals surface area contributed by atoms with Crippen LogP contribution in [0.1, 0.15) is 123 Å². The molecule has 12 nitrogen and oxygen atoms in total. The van der Waals surface area contributed by atoms with Gasteiger partial charge in [-0.2, -0.15) is 0 Å². The standard InChI is InChI=1S/C38H84O12S16Si4/c1-16-36(37(55-63-59-51-31-67(39-17-2,40-18-3)41-19-4)56-64-60-52-32-68(42-20-5,43-21-6)44-22-7)38(30-29-35(14)15,57-65-61-53-33-69(45-23-8,46-24-9)47-25-10)58-66-62-54-34-70(48-26-11,49-27-12)50-28-13/h35H,16-34H2,1-15H3. The zero-order valence-corrected chi connectivity index (χ0v) is 61.0. The molecule has 0 saturated heterocycles. The fourth-order valence-corrected chi connectivity index (χ4v) is 55.6. The maximum absolute atomic E-state index is 6.22. The van der Waals surface area contributed by atoms with Crippen LogP contribution in [0.3, 0.4) is 0 Å². The van der Waals surface area contributed by atoms with Crippen LogP contribution in [0.25, 0.3) is 0 Å². The van der Waals surface area contributed by atoms with E-state index in [4.69, 9.17) is 53.1 Å². The van der Waals surface area contributed by atoms with E-state index in [9.17, 15) is 0 Å². The molecule has 0 aliphatic carbocycles. The fraction of sp³-hybridized carbons (Fsp3) is 0.947. The Hall–Kier alpha value is 5.73. The summed E-state index contributed by atoms with van der Waals surface area (Å²) < 4.78 is 75.5. The highest BCUT2D eigenvalue weighted by molar-refractivity contribution is 9.30. The smallest absolute Gasteiger partial charge is 0.373 e. The van der Waals surface area contributed by atoms with Gasteiger partial charge in [-0.25, -0.2) is 0 Å². The summed E-state index contributed by atoms with van der Waals surface area (Å²) in [5.74, 6) is 0.519. The average molecular weight is 1360 g/mol. The highest BCUT2D eigenvalue weighted by Crippen LogP contribution is 2.67. The Kier molecular flexibility index (Phi) is 52.2. The van der Waals surface area contributed by atoms with Crippen LogP contribution in [-0.4, -0.2) is 140 Å². The van der Waals surface area contributed by atoms with E-state index in [1.807, 2.05) is 146 Å². The van der Waals surface area contributed by atoms with Gasteiger partial charge in [0, 0.05) is 79.3 Å². The van der Waals surface area contributed by atoms with E-state index in [-0.39, 0.29) is 4.08 Å². The van der Waals surface area contributed by atoms with Crippen molar-refractivity contribution in [2.45, 2.75) is 127 Å². The Labute approximate surface area is 491 Å². The largest absolute Gasteiger partial charge is 0.512 e. The predicted octanol–water partition coefficient (Wildman–Crippen LogP) is 17.8. The zero-order chi connectivity index (χ0) is 52.5. The van der Waals surface area contributed by atoms with Crippen LogP contribution in [0.4, 0.5) is 0 Å². The van der Waals surface area contributed by atoms with Crippen molar-refractivity contribution in [1.29, 1.82) is 0 Å². The summed E-state index contributed by atoms with van der Waals surface area (Å²) in [4.78, 5) is 0. The first-order chi connectivity index (χ1) is 33.8. The first-order valence-corrected chi connectivity index (χ1v) is 51.4. The highest BCUT2D eigenvalue weighted by atomic mass is 33.7. The molecule has 0 aromatic heterocycles. The van der Waals surface area contributed by atoms with Crippen LogP contribution in [-0.2, 0) is 53.1 Å². The normalized spacial score (nSPS) is 13.0. The van der Waals surface area contributed by atoms with Crippen LogP contribution in [0.15, 0.2) is 9.81 Å². The van der Waals surface area contributed by atoms with Crippen LogP contribution in [0, 0.1) is 5.92 Å². The molecule has 32 heteroatoms. The molecule has 0 aromatic rings. The third kappa shape index (κ3) is 32.4. The van der Waals surface area contributed by atoms with Gasteiger partial charge in [-0.05, 0) is 214 Å². The van der Waals surface area contributed by atoms with Crippen molar-refractivity contribution in [2.75, 3.05) is 101 Å². The summed E-state index contributed by atoms with van der Waals surface area (Å²) in [7, 11) is 17.7. The zero-order valence-electron chi connectivity index (χ0n) is 43.9. The summed E-state index contributed by atoms with van der Waals surface area (Å²) >= 11 is 0. The van der Waals surface area contributed by atoms with Crippen molar-refractivity contribution < 1.29 is 53.1 Å². The third-order valence-corrected chi connectivity index (χ3v) is 53.5. The summed E-state index contributed by atoms with van der Waals surface area (Å²) in [5, 5.41) is 2.68. The maximum atomic E-state index is 6.22. The van der Waals surface area contributed by atoms with Gasteiger partial charge in [0.1, 0.15) is 4.08 Å². The van der Waals surface area contributed by atoms with Gasteiger partial charge in [0.05, 0.1) is 25.7 Å². The van der Waals surface area contributed by atoms with E-state index in [1.165, 1.54) is 9.81 Å². The minimum absolute atomic E-state index is 0.286. The highest BCUT2D eigenvalue weighted by Gasteiger charge is 2.45. The molecular weight excluding hydrogens is 1270 g/mol. The quantitative estimate of drug-likeness (QED) is 0.0249. The van der Waals surface area contributed by atoms with Crippen LogP contribution >= 0.6 is 165 Å². The van der Waals surface area contributed by atoms with Gasteiger partial charge in [-0.3, -0.25) is 0 Å². The molecule has 0 heterocycles. The minimum atomic E-state index is -2.82. The van der Waals surface area contributed by atoms with Crippen molar-refractivity contribution in [1.82, 2.24) is 0 Å². The summed E-state index contributed by atoms with van der Waals surface area (Å²) in [5.41, 5.74) is 1.43. The molecule has 0 aliphatic heterocycles.